The number of halogens is 1. The highest BCUT2D eigenvalue weighted by atomic mass is 35.5. The fourth-order valence-electron chi connectivity index (χ4n) is 4.58. The predicted octanol–water partition coefficient (Wildman–Crippen LogP) is 0.0876. The lowest BCUT2D eigenvalue weighted by molar-refractivity contribution is -0.143. The van der Waals surface area contributed by atoms with Gasteiger partial charge in [0.1, 0.15) is 5.54 Å². The van der Waals surface area contributed by atoms with Crippen LogP contribution in [0.4, 0.5) is 5.69 Å². The number of hydrogen-bond donors (Lipinski definition) is 3. The molecule has 3 aliphatic rings. The Labute approximate surface area is 160 Å². The number of nitrogens with zero attached hydrogens (tertiary/aromatic N) is 1. The van der Waals surface area contributed by atoms with Crippen LogP contribution in [-0.4, -0.2) is 60.1 Å². The average Bonchev–Trinajstić information content (AvgIpc) is 3.20. The Morgan fingerprint density at radius 1 is 1.33 bits per heavy atom. The van der Waals surface area contributed by atoms with E-state index in [1.807, 2.05) is 0 Å². The molecule has 8 nitrogen and oxygen atoms in total. The fraction of sp³-hybridized carbons (Fsp3) is 0.500. The summed E-state index contributed by atoms with van der Waals surface area (Å²) in [6.07, 6.45) is -0.938. The number of rotatable bonds is 4. The third-order valence-corrected chi connectivity index (χ3v) is 5.98. The van der Waals surface area contributed by atoms with Crippen molar-refractivity contribution < 1.29 is 24.2 Å². The molecule has 0 unspecified atom stereocenters. The second-order valence-corrected chi connectivity index (χ2v) is 7.62. The van der Waals surface area contributed by atoms with Crippen LogP contribution in [0.25, 0.3) is 0 Å². The van der Waals surface area contributed by atoms with Crippen molar-refractivity contribution in [2.45, 2.75) is 24.6 Å². The van der Waals surface area contributed by atoms with E-state index >= 15 is 0 Å². The van der Waals surface area contributed by atoms with Crippen LogP contribution in [0.1, 0.15) is 12.5 Å². The first kappa shape index (κ1) is 18.4. The van der Waals surface area contributed by atoms with E-state index in [4.69, 9.17) is 16.3 Å². The van der Waals surface area contributed by atoms with Gasteiger partial charge in [-0.05, 0) is 25.1 Å². The van der Waals surface area contributed by atoms with E-state index in [2.05, 4.69) is 10.6 Å². The number of imide groups is 1. The molecule has 9 heteroatoms. The van der Waals surface area contributed by atoms with E-state index in [1.165, 1.54) is 14.0 Å². The first-order chi connectivity index (χ1) is 12.8. The zero-order chi connectivity index (χ0) is 19.5. The van der Waals surface area contributed by atoms with Crippen molar-refractivity contribution in [3.8, 4) is 0 Å². The maximum absolute atomic E-state index is 13.2. The first-order valence-corrected chi connectivity index (χ1v) is 9.12. The summed E-state index contributed by atoms with van der Waals surface area (Å²) in [5.74, 6) is -3.07. The largest absolute Gasteiger partial charge is 0.392 e. The van der Waals surface area contributed by atoms with Crippen molar-refractivity contribution in [2.24, 2.45) is 11.8 Å². The van der Waals surface area contributed by atoms with Crippen molar-refractivity contribution >= 4 is 35.0 Å². The highest BCUT2D eigenvalue weighted by Gasteiger charge is 2.71. The van der Waals surface area contributed by atoms with Crippen molar-refractivity contribution in [3.05, 3.63) is 28.8 Å². The van der Waals surface area contributed by atoms with Crippen molar-refractivity contribution in [3.63, 3.8) is 0 Å². The molecule has 3 aliphatic heterocycles. The molecular formula is C18H20ClN3O5. The van der Waals surface area contributed by atoms with Gasteiger partial charge in [0.15, 0.2) is 0 Å². The van der Waals surface area contributed by atoms with Gasteiger partial charge in [-0.25, -0.2) is 0 Å². The average molecular weight is 394 g/mol. The second kappa shape index (κ2) is 6.27. The molecule has 0 bridgehead atoms. The van der Waals surface area contributed by atoms with Crippen LogP contribution in [-0.2, 0) is 24.7 Å². The van der Waals surface area contributed by atoms with E-state index in [9.17, 15) is 19.5 Å². The molecule has 5 atom stereocenters. The summed E-state index contributed by atoms with van der Waals surface area (Å²) in [6, 6.07) is 4.19. The number of carbonyl (C=O) groups is 3. The number of nitrogens with one attached hydrogen (secondary N) is 2. The first-order valence-electron chi connectivity index (χ1n) is 8.74. The Morgan fingerprint density at radius 2 is 2.07 bits per heavy atom. The standard InChI is InChI=1S/C18H20ClN3O5/c1-8(23)14-12-13(16(25)22(15(12)24)5-6-27-2)18(21-14)10-7-9(19)3-4-11(10)20-17(18)26/h3-4,7-8,12-14,21,23H,5-6H2,1-2H3,(H,20,26)/t8-,12-,13-,14-,18+/m0/s1. The maximum Gasteiger partial charge on any atom is 0.250 e. The number of aliphatic hydroxyl groups excluding tert-OH is 1. The SMILES string of the molecule is COCCN1C(=O)[C@@H]2[C@H]([C@H](C)O)N[C@@]3(C(=O)Nc4ccc(Cl)cc43)[C@@H]2C1=O. The maximum atomic E-state index is 13.2. The van der Waals surface area contributed by atoms with E-state index < -0.39 is 47.2 Å². The third kappa shape index (κ3) is 2.37. The third-order valence-electron chi connectivity index (χ3n) is 5.74. The summed E-state index contributed by atoms with van der Waals surface area (Å²) in [4.78, 5) is 40.3. The molecule has 1 aromatic rings. The number of likely N-dealkylation sites (tertiary alicyclic amines) is 1. The highest BCUT2D eigenvalue weighted by molar-refractivity contribution is 6.31. The summed E-state index contributed by atoms with van der Waals surface area (Å²) in [5.41, 5.74) is -0.383. The smallest absolute Gasteiger partial charge is 0.250 e. The number of fused-ring (bicyclic) bond motifs is 4. The summed E-state index contributed by atoms with van der Waals surface area (Å²) >= 11 is 6.14. The number of carbonyl (C=O) groups excluding carboxylic acids is 3. The van der Waals surface area contributed by atoms with Crippen molar-refractivity contribution in [1.82, 2.24) is 10.2 Å². The Morgan fingerprint density at radius 3 is 2.74 bits per heavy atom. The van der Waals surface area contributed by atoms with Crippen molar-refractivity contribution in [2.75, 3.05) is 25.6 Å². The number of aliphatic hydroxyl groups is 1. The zero-order valence-corrected chi connectivity index (χ0v) is 15.6. The number of amides is 3. The minimum atomic E-state index is -1.44. The molecule has 144 valence electrons. The van der Waals surface area contributed by atoms with Crippen LogP contribution in [0.5, 0.6) is 0 Å². The Balaban J connectivity index is 1.86. The van der Waals surface area contributed by atoms with Crippen LogP contribution in [0.3, 0.4) is 0 Å². The van der Waals surface area contributed by atoms with Crippen molar-refractivity contribution in [1.29, 1.82) is 0 Å². The fourth-order valence-corrected chi connectivity index (χ4v) is 4.75. The van der Waals surface area contributed by atoms with Gasteiger partial charge in [-0.1, -0.05) is 11.6 Å². The monoisotopic (exact) mass is 393 g/mol. The molecule has 1 aromatic carbocycles. The predicted molar refractivity (Wildman–Crippen MR) is 95.9 cm³/mol. The lowest BCUT2D eigenvalue weighted by Crippen LogP contribution is -2.55. The normalized spacial score (nSPS) is 32.8. The molecule has 0 radical (unpaired) electrons. The molecule has 2 saturated heterocycles. The molecular weight excluding hydrogens is 374 g/mol. The zero-order valence-electron chi connectivity index (χ0n) is 14.9. The topological polar surface area (TPSA) is 108 Å². The quantitative estimate of drug-likeness (QED) is 0.626. The van der Waals surface area contributed by atoms with Crippen LogP contribution in [0.2, 0.25) is 5.02 Å². The summed E-state index contributed by atoms with van der Waals surface area (Å²) in [6.45, 7) is 1.84. The summed E-state index contributed by atoms with van der Waals surface area (Å²) < 4.78 is 5.00. The lowest BCUT2D eigenvalue weighted by atomic mass is 9.76. The molecule has 3 amide bonds. The lowest BCUT2D eigenvalue weighted by Gasteiger charge is -2.30. The minimum absolute atomic E-state index is 0.105. The minimum Gasteiger partial charge on any atom is -0.392 e. The molecule has 2 fully saturated rings. The Bertz CT molecular complexity index is 844. The van der Waals surface area contributed by atoms with E-state index in [-0.39, 0.29) is 13.2 Å². The number of hydrogen-bond acceptors (Lipinski definition) is 6. The molecule has 4 rings (SSSR count). The van der Waals surface area contributed by atoms with Gasteiger partial charge < -0.3 is 15.2 Å². The Hall–Kier alpha value is -2.00. The van der Waals surface area contributed by atoms with Crippen LogP contribution in [0.15, 0.2) is 18.2 Å². The van der Waals surface area contributed by atoms with Gasteiger partial charge in [0, 0.05) is 29.4 Å². The van der Waals surface area contributed by atoms with Gasteiger partial charge in [-0.2, -0.15) is 0 Å². The highest BCUT2D eigenvalue weighted by Crippen LogP contribution is 2.53. The summed E-state index contributed by atoms with van der Waals surface area (Å²) in [7, 11) is 1.48. The molecule has 0 saturated carbocycles. The van der Waals surface area contributed by atoms with Crippen LogP contribution >= 0.6 is 11.6 Å². The molecule has 0 aromatic heterocycles. The van der Waals surface area contributed by atoms with E-state index in [0.717, 1.165) is 4.90 Å². The van der Waals surface area contributed by atoms with E-state index in [1.54, 1.807) is 18.2 Å². The molecule has 27 heavy (non-hydrogen) atoms. The van der Waals surface area contributed by atoms with Gasteiger partial charge in [-0.15, -0.1) is 0 Å². The number of anilines is 1. The molecule has 3 N–H and O–H groups in total. The molecule has 0 aliphatic carbocycles. The summed E-state index contributed by atoms with van der Waals surface area (Å²) in [5, 5.41) is 16.6. The number of benzene rings is 1. The van der Waals surface area contributed by atoms with E-state index in [0.29, 0.717) is 16.3 Å². The second-order valence-electron chi connectivity index (χ2n) is 7.19. The van der Waals surface area contributed by atoms with Gasteiger partial charge in [0.25, 0.3) is 0 Å². The van der Waals surface area contributed by atoms with Crippen LogP contribution in [0, 0.1) is 11.8 Å². The number of ether oxygens (including phenoxy) is 1. The van der Waals surface area contributed by atoms with Gasteiger partial charge >= 0.3 is 0 Å². The van der Waals surface area contributed by atoms with Crippen LogP contribution < -0.4 is 10.6 Å². The number of methoxy groups -OCH3 is 1. The van der Waals surface area contributed by atoms with Gasteiger partial charge in [-0.3, -0.25) is 24.6 Å². The van der Waals surface area contributed by atoms with Gasteiger partial charge in [0.2, 0.25) is 17.7 Å². The Kier molecular flexibility index (Phi) is 4.27. The molecule has 3 heterocycles. The molecule has 1 spiro atoms. The van der Waals surface area contributed by atoms with Gasteiger partial charge in [0.05, 0.1) is 31.1 Å².